The maximum Gasteiger partial charge on any atom is 0.236 e. The van der Waals surface area contributed by atoms with Crippen molar-refractivity contribution < 1.29 is 4.79 Å². The fourth-order valence-corrected chi connectivity index (χ4v) is 2.18. The number of nitriles is 1. The molecule has 5 heteroatoms. The molecule has 1 aliphatic heterocycles. The third kappa shape index (κ3) is 4.63. The first-order valence-electron chi connectivity index (χ1n) is 6.72. The van der Waals surface area contributed by atoms with E-state index < -0.39 is 0 Å². The van der Waals surface area contributed by atoms with Crippen molar-refractivity contribution in [1.29, 1.82) is 5.26 Å². The number of nitrogens with zero attached hydrogens (tertiary/aromatic N) is 3. The van der Waals surface area contributed by atoms with Crippen molar-refractivity contribution >= 4 is 5.91 Å². The van der Waals surface area contributed by atoms with Gasteiger partial charge in [0.25, 0.3) is 0 Å². The van der Waals surface area contributed by atoms with Crippen LogP contribution in [0.4, 0.5) is 0 Å². The molecule has 1 heterocycles. The molecular formula is C13H24N4O. The van der Waals surface area contributed by atoms with E-state index in [4.69, 9.17) is 11.0 Å². The minimum Gasteiger partial charge on any atom is -0.341 e. The van der Waals surface area contributed by atoms with Crippen LogP contribution in [0.5, 0.6) is 0 Å². The molecule has 1 amide bonds. The van der Waals surface area contributed by atoms with Crippen molar-refractivity contribution in [1.82, 2.24) is 9.80 Å². The van der Waals surface area contributed by atoms with Crippen LogP contribution in [0.3, 0.4) is 0 Å². The van der Waals surface area contributed by atoms with Crippen molar-refractivity contribution in [2.75, 3.05) is 32.7 Å². The lowest BCUT2D eigenvalue weighted by Crippen LogP contribution is -2.46. The normalized spacial score (nSPS) is 19.2. The van der Waals surface area contributed by atoms with E-state index in [0.717, 1.165) is 25.9 Å². The molecule has 1 unspecified atom stereocenters. The smallest absolute Gasteiger partial charge is 0.236 e. The van der Waals surface area contributed by atoms with Gasteiger partial charge in [-0.15, -0.1) is 0 Å². The van der Waals surface area contributed by atoms with Crippen LogP contribution in [-0.2, 0) is 4.79 Å². The van der Waals surface area contributed by atoms with Crippen LogP contribution < -0.4 is 5.73 Å². The van der Waals surface area contributed by atoms with Crippen LogP contribution in [-0.4, -0.2) is 54.5 Å². The molecule has 1 saturated heterocycles. The van der Waals surface area contributed by atoms with Crippen molar-refractivity contribution in [3.8, 4) is 6.07 Å². The molecule has 0 spiro atoms. The minimum atomic E-state index is -0.108. The van der Waals surface area contributed by atoms with Crippen LogP contribution in [0.1, 0.15) is 26.7 Å². The highest BCUT2D eigenvalue weighted by Gasteiger charge is 2.21. The maximum atomic E-state index is 12.1. The Kier molecular flexibility index (Phi) is 6.10. The number of amides is 1. The summed E-state index contributed by atoms with van der Waals surface area (Å²) in [5.41, 5.74) is 5.84. The molecule has 1 fully saturated rings. The number of piperidine rings is 1. The summed E-state index contributed by atoms with van der Waals surface area (Å²) in [4.78, 5) is 16.0. The Morgan fingerprint density at radius 1 is 1.56 bits per heavy atom. The Hall–Kier alpha value is -1.12. The topological polar surface area (TPSA) is 73.4 Å². The van der Waals surface area contributed by atoms with E-state index in [0.29, 0.717) is 19.6 Å². The average molecular weight is 252 g/mol. The Labute approximate surface area is 110 Å². The third-order valence-electron chi connectivity index (χ3n) is 3.44. The molecule has 0 aromatic carbocycles. The highest BCUT2D eigenvalue weighted by molar-refractivity contribution is 5.78. The van der Waals surface area contributed by atoms with Gasteiger partial charge in [0.1, 0.15) is 0 Å². The van der Waals surface area contributed by atoms with Crippen molar-refractivity contribution in [3.63, 3.8) is 0 Å². The molecular weight excluding hydrogens is 228 g/mol. The Balaban J connectivity index is 2.40. The first-order valence-corrected chi connectivity index (χ1v) is 6.72. The van der Waals surface area contributed by atoms with Gasteiger partial charge in [-0.1, -0.05) is 0 Å². The third-order valence-corrected chi connectivity index (χ3v) is 3.44. The first-order chi connectivity index (χ1) is 8.56. The fraction of sp³-hybridized carbons (Fsp3) is 0.846. The number of hydrogen-bond donors (Lipinski definition) is 1. The second-order valence-electron chi connectivity index (χ2n) is 5.08. The van der Waals surface area contributed by atoms with E-state index in [1.807, 2.05) is 13.8 Å². The lowest BCUT2D eigenvalue weighted by molar-refractivity contribution is -0.132. The zero-order chi connectivity index (χ0) is 13.5. The van der Waals surface area contributed by atoms with Gasteiger partial charge in [0, 0.05) is 32.2 Å². The standard InChI is InChI=1S/C13H24N4O/c1-3-17(9-11(2)8-14)13(18)10-16-6-4-12(15)5-7-16/h11-12H,3-7,9-10,15H2,1-2H3. The molecule has 0 aliphatic carbocycles. The SMILES string of the molecule is CCN(CC(C)C#N)C(=O)CN1CCC(N)CC1. The molecule has 5 nitrogen and oxygen atoms in total. The van der Waals surface area contributed by atoms with E-state index in [1.54, 1.807) is 4.90 Å². The van der Waals surface area contributed by atoms with Crippen LogP contribution in [0.25, 0.3) is 0 Å². The summed E-state index contributed by atoms with van der Waals surface area (Å²) in [6.07, 6.45) is 1.93. The summed E-state index contributed by atoms with van der Waals surface area (Å²) < 4.78 is 0. The first kappa shape index (κ1) is 14.9. The van der Waals surface area contributed by atoms with Gasteiger partial charge in [-0.3, -0.25) is 9.69 Å². The number of likely N-dealkylation sites (N-methyl/N-ethyl adjacent to an activating group) is 1. The molecule has 1 atom stereocenters. The molecule has 0 bridgehead atoms. The summed E-state index contributed by atoms with van der Waals surface area (Å²) in [7, 11) is 0. The summed E-state index contributed by atoms with van der Waals surface area (Å²) in [5.74, 6) is 0.0127. The van der Waals surface area contributed by atoms with Crippen LogP contribution in [0.2, 0.25) is 0 Å². The van der Waals surface area contributed by atoms with Crippen LogP contribution >= 0.6 is 0 Å². The van der Waals surface area contributed by atoms with Crippen molar-refractivity contribution in [3.05, 3.63) is 0 Å². The Morgan fingerprint density at radius 3 is 2.67 bits per heavy atom. The molecule has 0 aromatic rings. The molecule has 2 N–H and O–H groups in total. The van der Waals surface area contributed by atoms with E-state index in [2.05, 4.69) is 11.0 Å². The quantitative estimate of drug-likeness (QED) is 0.769. The summed E-state index contributed by atoms with van der Waals surface area (Å²) in [6, 6.07) is 2.46. The number of carbonyl (C=O) groups excluding carboxylic acids is 1. The number of hydrogen-bond acceptors (Lipinski definition) is 4. The fourth-order valence-electron chi connectivity index (χ4n) is 2.18. The van der Waals surface area contributed by atoms with Gasteiger partial charge >= 0.3 is 0 Å². The van der Waals surface area contributed by atoms with Crippen LogP contribution in [0.15, 0.2) is 0 Å². The molecule has 1 rings (SSSR count). The zero-order valence-corrected chi connectivity index (χ0v) is 11.4. The van der Waals surface area contributed by atoms with Gasteiger partial charge in [0.05, 0.1) is 18.5 Å². The lowest BCUT2D eigenvalue weighted by atomic mass is 10.1. The Bertz CT molecular complexity index is 305. The highest BCUT2D eigenvalue weighted by atomic mass is 16.2. The molecule has 1 aliphatic rings. The second-order valence-corrected chi connectivity index (χ2v) is 5.08. The van der Waals surface area contributed by atoms with E-state index in [-0.39, 0.29) is 17.9 Å². The Morgan fingerprint density at radius 2 is 2.17 bits per heavy atom. The van der Waals surface area contributed by atoms with E-state index in [9.17, 15) is 4.79 Å². The zero-order valence-electron chi connectivity index (χ0n) is 11.4. The molecule has 102 valence electrons. The summed E-state index contributed by atoms with van der Waals surface area (Å²) in [6.45, 7) is 7.25. The predicted octanol–water partition coefficient (Wildman–Crippen LogP) is 0.418. The molecule has 0 aromatic heterocycles. The van der Waals surface area contributed by atoms with Gasteiger partial charge in [0.2, 0.25) is 5.91 Å². The number of carbonyl (C=O) groups is 1. The monoisotopic (exact) mass is 252 g/mol. The molecule has 0 radical (unpaired) electrons. The van der Waals surface area contributed by atoms with Gasteiger partial charge in [-0.25, -0.2) is 0 Å². The minimum absolute atomic E-state index is 0.108. The summed E-state index contributed by atoms with van der Waals surface area (Å²) in [5, 5.41) is 8.80. The highest BCUT2D eigenvalue weighted by Crippen LogP contribution is 2.09. The number of rotatable bonds is 5. The van der Waals surface area contributed by atoms with E-state index in [1.165, 1.54) is 0 Å². The molecule has 0 saturated carbocycles. The maximum absolute atomic E-state index is 12.1. The summed E-state index contributed by atoms with van der Waals surface area (Å²) >= 11 is 0. The number of nitrogens with two attached hydrogens (primary N) is 1. The van der Waals surface area contributed by atoms with Crippen LogP contribution in [0, 0.1) is 17.2 Å². The van der Waals surface area contributed by atoms with Crippen molar-refractivity contribution in [2.24, 2.45) is 11.7 Å². The number of likely N-dealkylation sites (tertiary alicyclic amines) is 1. The van der Waals surface area contributed by atoms with Gasteiger partial charge in [-0.2, -0.15) is 5.26 Å². The molecule has 18 heavy (non-hydrogen) atoms. The second kappa shape index (κ2) is 7.34. The van der Waals surface area contributed by atoms with Gasteiger partial charge < -0.3 is 10.6 Å². The van der Waals surface area contributed by atoms with Crippen molar-refractivity contribution in [2.45, 2.75) is 32.7 Å². The largest absolute Gasteiger partial charge is 0.341 e. The van der Waals surface area contributed by atoms with Gasteiger partial charge in [0.15, 0.2) is 0 Å². The van der Waals surface area contributed by atoms with Gasteiger partial charge in [-0.05, 0) is 26.7 Å². The van der Waals surface area contributed by atoms with E-state index >= 15 is 0 Å². The lowest BCUT2D eigenvalue weighted by Gasteiger charge is -2.31. The average Bonchev–Trinajstić information content (AvgIpc) is 2.38. The predicted molar refractivity (Wildman–Crippen MR) is 70.7 cm³/mol.